The maximum absolute atomic E-state index is 12.9. The molecule has 1 N–H and O–H groups in total. The van der Waals surface area contributed by atoms with Gasteiger partial charge in [0.05, 0.1) is 16.9 Å². The number of alkyl halides is 3. The number of anilines is 2. The van der Waals surface area contributed by atoms with Crippen LogP contribution in [0.2, 0.25) is 0 Å². The van der Waals surface area contributed by atoms with E-state index < -0.39 is 21.8 Å². The first kappa shape index (κ1) is 18.6. The molecule has 0 atom stereocenters. The highest BCUT2D eigenvalue weighted by Gasteiger charge is 2.32. The van der Waals surface area contributed by atoms with E-state index in [-0.39, 0.29) is 10.6 Å². The van der Waals surface area contributed by atoms with Gasteiger partial charge in [0, 0.05) is 23.8 Å². The van der Waals surface area contributed by atoms with Crippen LogP contribution in [-0.2, 0) is 16.2 Å². The van der Waals surface area contributed by atoms with Gasteiger partial charge in [-0.15, -0.1) is 11.3 Å². The van der Waals surface area contributed by atoms with Crippen molar-refractivity contribution < 1.29 is 21.6 Å². The SMILES string of the molecule is Cc1cc(S(=O)(=O)Nc2cc(C(F)(F)F)ccc2N(C)C)c(C)s1. The Morgan fingerprint density at radius 3 is 2.21 bits per heavy atom. The average Bonchev–Trinajstić information content (AvgIpc) is 2.76. The van der Waals surface area contributed by atoms with Crippen LogP contribution in [0.15, 0.2) is 29.2 Å². The molecule has 0 unspecified atom stereocenters. The van der Waals surface area contributed by atoms with Crippen molar-refractivity contribution in [2.24, 2.45) is 0 Å². The number of thiophene rings is 1. The van der Waals surface area contributed by atoms with Crippen LogP contribution in [0.5, 0.6) is 0 Å². The monoisotopic (exact) mass is 378 g/mol. The predicted molar refractivity (Wildman–Crippen MR) is 90.4 cm³/mol. The van der Waals surface area contributed by atoms with Crippen LogP contribution in [0, 0.1) is 13.8 Å². The van der Waals surface area contributed by atoms with Gasteiger partial charge in [-0.1, -0.05) is 0 Å². The normalized spacial score (nSPS) is 12.3. The van der Waals surface area contributed by atoms with Gasteiger partial charge in [0.15, 0.2) is 0 Å². The lowest BCUT2D eigenvalue weighted by Crippen LogP contribution is -2.18. The zero-order valence-electron chi connectivity index (χ0n) is 13.5. The molecule has 0 aliphatic heterocycles. The Balaban J connectivity index is 2.52. The lowest BCUT2D eigenvalue weighted by atomic mass is 10.1. The molecule has 0 fully saturated rings. The zero-order valence-corrected chi connectivity index (χ0v) is 15.2. The molecule has 0 spiro atoms. The van der Waals surface area contributed by atoms with E-state index in [0.717, 1.165) is 17.0 Å². The minimum absolute atomic E-state index is 0.0760. The molecule has 0 bridgehead atoms. The summed E-state index contributed by atoms with van der Waals surface area (Å²) in [6.07, 6.45) is -4.56. The summed E-state index contributed by atoms with van der Waals surface area (Å²) in [4.78, 5) is 3.01. The largest absolute Gasteiger partial charge is 0.416 e. The Kier molecular flexibility index (Phi) is 4.87. The van der Waals surface area contributed by atoms with Crippen molar-refractivity contribution in [3.8, 4) is 0 Å². The molecule has 0 radical (unpaired) electrons. The van der Waals surface area contributed by atoms with Gasteiger partial charge in [-0.05, 0) is 38.1 Å². The standard InChI is InChI=1S/C15H17F3N2O2S2/c1-9-7-14(10(2)23-9)24(21,22)19-12-8-11(15(16,17)18)5-6-13(12)20(3)4/h5-8,19H,1-4H3. The number of sulfonamides is 1. The van der Waals surface area contributed by atoms with E-state index in [4.69, 9.17) is 0 Å². The molecular formula is C15H17F3N2O2S2. The third-order valence-corrected chi connectivity index (χ3v) is 5.92. The molecular weight excluding hydrogens is 361 g/mol. The second kappa shape index (κ2) is 6.29. The van der Waals surface area contributed by atoms with Crippen LogP contribution >= 0.6 is 11.3 Å². The number of halogens is 3. The third-order valence-electron chi connectivity index (χ3n) is 3.33. The molecule has 2 rings (SSSR count). The van der Waals surface area contributed by atoms with Crippen LogP contribution in [-0.4, -0.2) is 22.5 Å². The van der Waals surface area contributed by atoms with Gasteiger partial charge >= 0.3 is 6.18 Å². The third kappa shape index (κ3) is 3.84. The van der Waals surface area contributed by atoms with Crippen molar-refractivity contribution in [1.29, 1.82) is 0 Å². The molecule has 24 heavy (non-hydrogen) atoms. The first-order valence-electron chi connectivity index (χ1n) is 6.90. The van der Waals surface area contributed by atoms with Crippen molar-refractivity contribution in [2.75, 3.05) is 23.7 Å². The van der Waals surface area contributed by atoms with Gasteiger partial charge < -0.3 is 4.90 Å². The van der Waals surface area contributed by atoms with Gasteiger partial charge in [-0.25, -0.2) is 8.42 Å². The molecule has 1 aromatic carbocycles. The number of benzene rings is 1. The Morgan fingerprint density at radius 2 is 1.75 bits per heavy atom. The summed E-state index contributed by atoms with van der Waals surface area (Å²) in [5.41, 5.74) is -0.682. The van der Waals surface area contributed by atoms with E-state index in [1.165, 1.54) is 23.5 Å². The van der Waals surface area contributed by atoms with Crippen molar-refractivity contribution in [2.45, 2.75) is 24.9 Å². The highest BCUT2D eigenvalue weighted by atomic mass is 32.2. The molecule has 9 heteroatoms. The Hall–Kier alpha value is -1.74. The lowest BCUT2D eigenvalue weighted by molar-refractivity contribution is -0.137. The fourth-order valence-electron chi connectivity index (χ4n) is 2.26. The summed E-state index contributed by atoms with van der Waals surface area (Å²) in [6.45, 7) is 3.43. The van der Waals surface area contributed by atoms with Crippen LogP contribution in [0.25, 0.3) is 0 Å². The van der Waals surface area contributed by atoms with E-state index in [1.54, 1.807) is 32.8 Å². The summed E-state index contributed by atoms with van der Waals surface area (Å²) in [7, 11) is -0.724. The van der Waals surface area contributed by atoms with Crippen LogP contribution in [0.4, 0.5) is 24.5 Å². The second-order valence-corrected chi connectivity index (χ2v) is 8.62. The highest BCUT2D eigenvalue weighted by molar-refractivity contribution is 7.93. The van der Waals surface area contributed by atoms with Gasteiger partial charge in [0.25, 0.3) is 10.0 Å². The lowest BCUT2D eigenvalue weighted by Gasteiger charge is -2.20. The van der Waals surface area contributed by atoms with E-state index in [0.29, 0.717) is 10.6 Å². The van der Waals surface area contributed by atoms with E-state index in [9.17, 15) is 21.6 Å². The van der Waals surface area contributed by atoms with Gasteiger partial charge in [-0.3, -0.25) is 4.72 Å². The van der Waals surface area contributed by atoms with Crippen molar-refractivity contribution in [3.05, 3.63) is 39.6 Å². The summed E-state index contributed by atoms with van der Waals surface area (Å²) >= 11 is 1.31. The van der Waals surface area contributed by atoms with Gasteiger partial charge in [0.1, 0.15) is 4.90 Å². The van der Waals surface area contributed by atoms with Gasteiger partial charge in [0.2, 0.25) is 0 Å². The van der Waals surface area contributed by atoms with Crippen LogP contribution in [0.1, 0.15) is 15.3 Å². The van der Waals surface area contributed by atoms with Crippen LogP contribution in [0.3, 0.4) is 0 Å². The molecule has 132 valence electrons. The molecule has 2 aromatic rings. The molecule has 0 amide bonds. The summed E-state index contributed by atoms with van der Waals surface area (Å²) in [5.74, 6) is 0. The molecule has 1 heterocycles. The van der Waals surface area contributed by atoms with Crippen LogP contribution < -0.4 is 9.62 Å². The maximum atomic E-state index is 12.9. The molecule has 1 aromatic heterocycles. The highest BCUT2D eigenvalue weighted by Crippen LogP contribution is 2.36. The van der Waals surface area contributed by atoms with Gasteiger partial charge in [-0.2, -0.15) is 13.2 Å². The zero-order chi connectivity index (χ0) is 18.3. The van der Waals surface area contributed by atoms with Crippen molar-refractivity contribution in [3.63, 3.8) is 0 Å². The summed E-state index contributed by atoms with van der Waals surface area (Å²) in [5, 5.41) is 0. The number of nitrogens with zero attached hydrogens (tertiary/aromatic N) is 1. The number of aryl methyl sites for hydroxylation is 2. The fraction of sp³-hybridized carbons (Fsp3) is 0.333. The van der Waals surface area contributed by atoms with Crippen molar-refractivity contribution in [1.82, 2.24) is 0 Å². The van der Waals surface area contributed by atoms with E-state index in [1.807, 2.05) is 0 Å². The molecule has 4 nitrogen and oxygen atoms in total. The smallest absolute Gasteiger partial charge is 0.376 e. The Bertz CT molecular complexity index is 856. The number of hydrogen-bond donors (Lipinski definition) is 1. The van der Waals surface area contributed by atoms with Crippen molar-refractivity contribution >= 4 is 32.7 Å². The van der Waals surface area contributed by atoms with E-state index in [2.05, 4.69) is 4.72 Å². The number of hydrogen-bond acceptors (Lipinski definition) is 4. The summed E-state index contributed by atoms with van der Waals surface area (Å²) < 4.78 is 66.2. The quantitative estimate of drug-likeness (QED) is 0.865. The number of rotatable bonds is 4. The number of nitrogens with one attached hydrogen (secondary N) is 1. The fourth-order valence-corrected chi connectivity index (χ4v) is 4.88. The Morgan fingerprint density at radius 1 is 1.12 bits per heavy atom. The minimum atomic E-state index is -4.56. The van der Waals surface area contributed by atoms with E-state index >= 15 is 0 Å². The second-order valence-electron chi connectivity index (χ2n) is 5.51. The average molecular weight is 378 g/mol. The Labute approximate surface area is 143 Å². The minimum Gasteiger partial charge on any atom is -0.376 e. The molecule has 0 saturated heterocycles. The first-order chi connectivity index (χ1) is 10.9. The molecule has 0 saturated carbocycles. The molecule has 0 aliphatic rings. The summed E-state index contributed by atoms with van der Waals surface area (Å²) in [6, 6.07) is 4.48. The maximum Gasteiger partial charge on any atom is 0.416 e. The first-order valence-corrected chi connectivity index (χ1v) is 9.20. The predicted octanol–water partition coefficient (Wildman–Crippen LogP) is 4.25. The molecule has 0 aliphatic carbocycles. The topological polar surface area (TPSA) is 49.4 Å².